The minimum Gasteiger partial charge on any atom is -0.452 e. The number of pyridine rings is 1. The lowest BCUT2D eigenvalue weighted by molar-refractivity contribution is 0.101. The Labute approximate surface area is 110 Å². The van der Waals surface area contributed by atoms with E-state index in [1.54, 1.807) is 24.4 Å². The molecule has 2 heterocycles. The van der Waals surface area contributed by atoms with Crippen LogP contribution in [-0.4, -0.2) is 10.8 Å². The first-order valence-corrected chi connectivity index (χ1v) is 6.12. The summed E-state index contributed by atoms with van der Waals surface area (Å²) in [5.41, 5.74) is 3.13. The van der Waals surface area contributed by atoms with Gasteiger partial charge in [0.15, 0.2) is 5.76 Å². The Bertz CT molecular complexity index is 757. The zero-order valence-corrected chi connectivity index (χ0v) is 10.8. The molecule has 1 aromatic carbocycles. The Kier molecular flexibility index (Phi) is 2.67. The van der Waals surface area contributed by atoms with Crippen molar-refractivity contribution in [1.82, 2.24) is 4.98 Å². The fraction of sp³-hybridized carbons (Fsp3) is 0.125. The summed E-state index contributed by atoms with van der Waals surface area (Å²) in [5, 5.41) is 0.977. The van der Waals surface area contributed by atoms with E-state index in [0.29, 0.717) is 11.5 Å². The second-order valence-electron chi connectivity index (χ2n) is 4.60. The van der Waals surface area contributed by atoms with Crippen molar-refractivity contribution in [3.05, 3.63) is 65.2 Å². The molecule has 0 atom stereocenters. The number of aryl methyl sites for hydroxylation is 2. The number of carbonyl (C=O) groups is 1. The first-order valence-electron chi connectivity index (χ1n) is 6.12. The molecule has 0 bridgehead atoms. The van der Waals surface area contributed by atoms with Crippen molar-refractivity contribution in [2.75, 3.05) is 0 Å². The summed E-state index contributed by atoms with van der Waals surface area (Å²) in [6.07, 6.45) is 1.61. The van der Waals surface area contributed by atoms with E-state index in [1.165, 1.54) is 0 Å². The molecule has 0 unspecified atom stereocenters. The predicted octanol–water partition coefficient (Wildman–Crippen LogP) is 3.68. The summed E-state index contributed by atoms with van der Waals surface area (Å²) in [5.74, 6) is 0.200. The van der Waals surface area contributed by atoms with Crippen LogP contribution in [0.15, 0.2) is 47.0 Å². The van der Waals surface area contributed by atoms with Crippen LogP contribution in [0.4, 0.5) is 0 Å². The second-order valence-corrected chi connectivity index (χ2v) is 4.60. The monoisotopic (exact) mass is 251 g/mol. The Morgan fingerprint density at radius 2 is 2.00 bits per heavy atom. The van der Waals surface area contributed by atoms with Crippen LogP contribution in [0.1, 0.15) is 27.4 Å². The number of benzene rings is 1. The summed E-state index contributed by atoms with van der Waals surface area (Å²) in [4.78, 5) is 16.4. The molecule has 0 aliphatic heterocycles. The smallest absolute Gasteiger partial charge is 0.246 e. The van der Waals surface area contributed by atoms with Gasteiger partial charge in [-0.25, -0.2) is 0 Å². The lowest BCUT2D eigenvalue weighted by Gasteiger charge is -1.97. The molecule has 0 spiro atoms. The Hall–Kier alpha value is -2.42. The van der Waals surface area contributed by atoms with Crippen molar-refractivity contribution >= 4 is 16.8 Å². The zero-order valence-electron chi connectivity index (χ0n) is 10.8. The van der Waals surface area contributed by atoms with Gasteiger partial charge in [-0.1, -0.05) is 18.2 Å². The van der Waals surface area contributed by atoms with E-state index >= 15 is 0 Å². The van der Waals surface area contributed by atoms with Gasteiger partial charge in [0.05, 0.1) is 0 Å². The SMILES string of the molecule is Cc1ccc2c(C)c(C(=O)c3ccccn3)oc2c1. The lowest BCUT2D eigenvalue weighted by atomic mass is 10.1. The van der Waals surface area contributed by atoms with E-state index in [9.17, 15) is 4.79 Å². The number of rotatable bonds is 2. The zero-order chi connectivity index (χ0) is 13.4. The second kappa shape index (κ2) is 4.35. The maximum Gasteiger partial charge on any atom is 0.246 e. The van der Waals surface area contributed by atoms with Gasteiger partial charge in [0.2, 0.25) is 5.78 Å². The molecule has 19 heavy (non-hydrogen) atoms. The molecular weight excluding hydrogens is 238 g/mol. The highest BCUT2D eigenvalue weighted by Gasteiger charge is 2.19. The van der Waals surface area contributed by atoms with Crippen molar-refractivity contribution in [3.8, 4) is 0 Å². The van der Waals surface area contributed by atoms with Crippen LogP contribution in [0, 0.1) is 13.8 Å². The van der Waals surface area contributed by atoms with Gasteiger partial charge in [-0.05, 0) is 37.6 Å². The maximum atomic E-state index is 12.4. The van der Waals surface area contributed by atoms with Crippen LogP contribution < -0.4 is 0 Å². The molecule has 3 heteroatoms. The average molecular weight is 251 g/mol. The van der Waals surface area contributed by atoms with Crippen molar-refractivity contribution in [1.29, 1.82) is 0 Å². The molecule has 0 aliphatic rings. The molecule has 0 aliphatic carbocycles. The van der Waals surface area contributed by atoms with Gasteiger partial charge in [-0.2, -0.15) is 0 Å². The van der Waals surface area contributed by atoms with Gasteiger partial charge in [0.25, 0.3) is 0 Å². The van der Waals surface area contributed by atoms with Gasteiger partial charge in [-0.3, -0.25) is 9.78 Å². The fourth-order valence-electron chi connectivity index (χ4n) is 2.16. The van der Waals surface area contributed by atoms with Gasteiger partial charge >= 0.3 is 0 Å². The molecule has 0 saturated heterocycles. The quantitative estimate of drug-likeness (QED) is 0.652. The highest BCUT2D eigenvalue weighted by molar-refractivity contribution is 6.09. The molecule has 0 saturated carbocycles. The summed E-state index contributed by atoms with van der Waals surface area (Å²) in [6.45, 7) is 3.90. The van der Waals surface area contributed by atoms with Crippen LogP contribution in [0.5, 0.6) is 0 Å². The van der Waals surface area contributed by atoms with Gasteiger partial charge < -0.3 is 4.42 Å². The first-order chi connectivity index (χ1) is 9.16. The number of ketones is 1. The van der Waals surface area contributed by atoms with E-state index in [0.717, 1.165) is 22.1 Å². The van der Waals surface area contributed by atoms with E-state index in [1.807, 2.05) is 32.0 Å². The minimum atomic E-state index is -0.174. The molecule has 0 radical (unpaired) electrons. The van der Waals surface area contributed by atoms with Gasteiger partial charge in [0, 0.05) is 17.1 Å². The van der Waals surface area contributed by atoms with Crippen molar-refractivity contribution in [2.45, 2.75) is 13.8 Å². The lowest BCUT2D eigenvalue weighted by Crippen LogP contribution is -2.03. The largest absolute Gasteiger partial charge is 0.452 e. The number of furan rings is 1. The molecule has 0 fully saturated rings. The number of hydrogen-bond donors (Lipinski definition) is 0. The molecule has 0 N–H and O–H groups in total. The van der Waals surface area contributed by atoms with Crippen molar-refractivity contribution in [2.24, 2.45) is 0 Å². The van der Waals surface area contributed by atoms with Crippen LogP contribution >= 0.6 is 0 Å². The minimum absolute atomic E-state index is 0.174. The highest BCUT2D eigenvalue weighted by Crippen LogP contribution is 2.27. The third-order valence-corrected chi connectivity index (χ3v) is 3.20. The molecule has 3 rings (SSSR count). The molecule has 3 aromatic rings. The predicted molar refractivity (Wildman–Crippen MR) is 73.4 cm³/mol. The maximum absolute atomic E-state index is 12.4. The van der Waals surface area contributed by atoms with Gasteiger partial charge in [-0.15, -0.1) is 0 Å². The summed E-state index contributed by atoms with van der Waals surface area (Å²) >= 11 is 0. The normalized spacial score (nSPS) is 10.8. The van der Waals surface area contributed by atoms with Crippen LogP contribution in [-0.2, 0) is 0 Å². The third-order valence-electron chi connectivity index (χ3n) is 3.20. The van der Waals surface area contributed by atoms with Gasteiger partial charge in [0.1, 0.15) is 11.3 Å². The summed E-state index contributed by atoms with van der Waals surface area (Å²) in [7, 11) is 0. The fourth-order valence-corrected chi connectivity index (χ4v) is 2.16. The number of aromatic nitrogens is 1. The average Bonchev–Trinajstić information content (AvgIpc) is 2.75. The van der Waals surface area contributed by atoms with Crippen molar-refractivity contribution < 1.29 is 9.21 Å². The molecule has 3 nitrogen and oxygen atoms in total. The number of nitrogens with zero attached hydrogens (tertiary/aromatic N) is 1. The van der Waals surface area contributed by atoms with Crippen LogP contribution in [0.2, 0.25) is 0 Å². The third kappa shape index (κ3) is 1.93. The topological polar surface area (TPSA) is 43.1 Å². The summed E-state index contributed by atoms with van der Waals surface area (Å²) in [6, 6.07) is 11.2. The van der Waals surface area contributed by atoms with E-state index in [4.69, 9.17) is 4.42 Å². The molecule has 0 amide bonds. The van der Waals surface area contributed by atoms with Crippen LogP contribution in [0.3, 0.4) is 0 Å². The van der Waals surface area contributed by atoms with E-state index in [2.05, 4.69) is 4.98 Å². The van der Waals surface area contributed by atoms with E-state index < -0.39 is 0 Å². The first kappa shape index (κ1) is 11.7. The molecular formula is C16H13NO2. The van der Waals surface area contributed by atoms with Crippen molar-refractivity contribution in [3.63, 3.8) is 0 Å². The number of hydrogen-bond acceptors (Lipinski definition) is 3. The van der Waals surface area contributed by atoms with Crippen LogP contribution in [0.25, 0.3) is 11.0 Å². The van der Waals surface area contributed by atoms with E-state index in [-0.39, 0.29) is 5.78 Å². The Morgan fingerprint density at radius 3 is 2.74 bits per heavy atom. The Balaban J connectivity index is 2.16. The molecule has 94 valence electrons. The standard InChI is InChI=1S/C16H13NO2/c1-10-6-7-12-11(2)16(19-14(12)9-10)15(18)13-5-3-4-8-17-13/h3-9H,1-2H3. The molecule has 2 aromatic heterocycles. The summed E-state index contributed by atoms with van der Waals surface area (Å²) < 4.78 is 5.71. The number of carbonyl (C=O) groups excluding carboxylic acids is 1. The Morgan fingerprint density at radius 1 is 1.16 bits per heavy atom. The number of fused-ring (bicyclic) bond motifs is 1. The highest BCUT2D eigenvalue weighted by atomic mass is 16.3.